The van der Waals surface area contributed by atoms with Gasteiger partial charge in [0.2, 0.25) is 0 Å². The summed E-state index contributed by atoms with van der Waals surface area (Å²) in [5.41, 5.74) is 2.91. The lowest BCUT2D eigenvalue weighted by atomic mass is 9.97. The SMILES string of the molecule is O=C(O)C1CCN(c2ccc3cc(-c4cccc(O)c4)ccc3n2)CC1. The monoisotopic (exact) mass is 348 g/mol. The van der Waals surface area contributed by atoms with Crippen molar-refractivity contribution in [3.05, 3.63) is 54.6 Å². The van der Waals surface area contributed by atoms with E-state index in [1.807, 2.05) is 36.4 Å². The van der Waals surface area contributed by atoms with Crippen molar-refractivity contribution >= 4 is 22.7 Å². The molecular weight excluding hydrogens is 328 g/mol. The van der Waals surface area contributed by atoms with Crippen LogP contribution in [0.4, 0.5) is 5.82 Å². The molecular formula is C21H20N2O3. The first-order chi connectivity index (χ1) is 12.6. The summed E-state index contributed by atoms with van der Waals surface area (Å²) in [5, 5.41) is 19.8. The number of piperidine rings is 1. The number of carboxylic acids is 1. The third kappa shape index (κ3) is 3.20. The smallest absolute Gasteiger partial charge is 0.306 e. The molecule has 2 aromatic carbocycles. The molecule has 0 bridgehead atoms. The molecule has 5 heteroatoms. The van der Waals surface area contributed by atoms with Crippen LogP contribution in [0, 0.1) is 5.92 Å². The summed E-state index contributed by atoms with van der Waals surface area (Å²) in [6.45, 7) is 1.44. The maximum Gasteiger partial charge on any atom is 0.306 e. The van der Waals surface area contributed by atoms with Crippen LogP contribution in [-0.4, -0.2) is 34.3 Å². The van der Waals surface area contributed by atoms with Crippen molar-refractivity contribution in [3.63, 3.8) is 0 Å². The number of carboxylic acid groups (broad SMARTS) is 1. The maximum absolute atomic E-state index is 11.1. The first-order valence-electron chi connectivity index (χ1n) is 8.78. The molecule has 0 aliphatic carbocycles. The fourth-order valence-electron chi connectivity index (χ4n) is 3.51. The van der Waals surface area contributed by atoms with E-state index in [4.69, 9.17) is 10.1 Å². The fourth-order valence-corrected chi connectivity index (χ4v) is 3.51. The van der Waals surface area contributed by atoms with Gasteiger partial charge in [0.15, 0.2) is 0 Å². The molecule has 1 aliphatic heterocycles. The van der Waals surface area contributed by atoms with Crippen LogP contribution in [-0.2, 0) is 4.79 Å². The summed E-state index contributed by atoms with van der Waals surface area (Å²) >= 11 is 0. The number of fused-ring (bicyclic) bond motifs is 1. The number of carbonyl (C=O) groups is 1. The average molecular weight is 348 g/mol. The van der Waals surface area contributed by atoms with Crippen LogP contribution >= 0.6 is 0 Å². The van der Waals surface area contributed by atoms with E-state index in [1.165, 1.54) is 0 Å². The first kappa shape index (κ1) is 16.4. The van der Waals surface area contributed by atoms with Gasteiger partial charge in [-0.2, -0.15) is 0 Å². The minimum absolute atomic E-state index is 0.239. The van der Waals surface area contributed by atoms with Gasteiger partial charge in [-0.15, -0.1) is 0 Å². The predicted molar refractivity (Wildman–Crippen MR) is 101 cm³/mol. The highest BCUT2D eigenvalue weighted by Gasteiger charge is 2.25. The fraction of sp³-hybridized carbons (Fsp3) is 0.238. The lowest BCUT2D eigenvalue weighted by Crippen LogP contribution is -2.36. The van der Waals surface area contributed by atoms with Crippen LogP contribution in [0.15, 0.2) is 54.6 Å². The molecule has 5 nitrogen and oxygen atoms in total. The second-order valence-electron chi connectivity index (χ2n) is 6.73. The highest BCUT2D eigenvalue weighted by molar-refractivity contribution is 5.86. The number of aromatic hydroxyl groups is 1. The van der Waals surface area contributed by atoms with Crippen LogP contribution < -0.4 is 4.90 Å². The number of phenolic OH excluding ortho intramolecular Hbond substituents is 1. The molecule has 0 saturated carbocycles. The minimum Gasteiger partial charge on any atom is -0.508 e. The van der Waals surface area contributed by atoms with Gasteiger partial charge in [0, 0.05) is 18.5 Å². The lowest BCUT2D eigenvalue weighted by molar-refractivity contribution is -0.142. The van der Waals surface area contributed by atoms with Gasteiger partial charge in [-0.25, -0.2) is 4.98 Å². The molecule has 4 rings (SSSR count). The number of anilines is 1. The van der Waals surface area contributed by atoms with Crippen molar-refractivity contribution in [2.75, 3.05) is 18.0 Å². The molecule has 0 atom stereocenters. The summed E-state index contributed by atoms with van der Waals surface area (Å²) < 4.78 is 0. The molecule has 1 saturated heterocycles. The molecule has 0 amide bonds. The van der Waals surface area contributed by atoms with Crippen molar-refractivity contribution in [2.45, 2.75) is 12.8 Å². The number of hydrogen-bond acceptors (Lipinski definition) is 4. The Balaban J connectivity index is 1.59. The number of aliphatic carboxylic acids is 1. The standard InChI is InChI=1S/C21H20N2O3/c24-18-3-1-2-15(13-18)16-4-6-19-17(12-16)5-7-20(22-19)23-10-8-14(9-11-23)21(25)26/h1-7,12-14,24H,8-11H2,(H,25,26). The Hall–Kier alpha value is -3.08. The second-order valence-corrected chi connectivity index (χ2v) is 6.73. The molecule has 3 aromatic rings. The Morgan fingerprint density at radius 1 is 1.00 bits per heavy atom. The third-order valence-corrected chi connectivity index (χ3v) is 5.02. The van der Waals surface area contributed by atoms with Gasteiger partial charge in [-0.05, 0) is 60.4 Å². The van der Waals surface area contributed by atoms with Crippen molar-refractivity contribution in [2.24, 2.45) is 5.92 Å². The number of hydrogen-bond donors (Lipinski definition) is 2. The van der Waals surface area contributed by atoms with E-state index in [-0.39, 0.29) is 11.7 Å². The van der Waals surface area contributed by atoms with Crippen molar-refractivity contribution in [1.29, 1.82) is 0 Å². The predicted octanol–water partition coefficient (Wildman–Crippen LogP) is 3.91. The number of benzene rings is 2. The summed E-state index contributed by atoms with van der Waals surface area (Å²) in [5.74, 6) is 0.208. The Morgan fingerprint density at radius 2 is 1.77 bits per heavy atom. The van der Waals surface area contributed by atoms with Gasteiger partial charge < -0.3 is 15.1 Å². The van der Waals surface area contributed by atoms with Crippen molar-refractivity contribution in [3.8, 4) is 16.9 Å². The molecule has 1 fully saturated rings. The van der Waals surface area contributed by atoms with Crippen LogP contribution in [0.1, 0.15) is 12.8 Å². The number of pyridine rings is 1. The molecule has 1 aliphatic rings. The summed E-state index contributed by atoms with van der Waals surface area (Å²) in [6.07, 6.45) is 1.32. The average Bonchev–Trinajstić information content (AvgIpc) is 2.67. The second kappa shape index (κ2) is 6.67. The van der Waals surface area contributed by atoms with Crippen LogP contribution in [0.2, 0.25) is 0 Å². The molecule has 0 spiro atoms. The Bertz CT molecular complexity index is 962. The van der Waals surface area contributed by atoms with Crippen LogP contribution in [0.3, 0.4) is 0 Å². The van der Waals surface area contributed by atoms with E-state index in [2.05, 4.69) is 11.0 Å². The number of rotatable bonds is 3. The van der Waals surface area contributed by atoms with Crippen LogP contribution in [0.5, 0.6) is 5.75 Å². The number of phenols is 1. The Morgan fingerprint density at radius 3 is 2.50 bits per heavy atom. The first-order valence-corrected chi connectivity index (χ1v) is 8.78. The highest BCUT2D eigenvalue weighted by atomic mass is 16.4. The van der Waals surface area contributed by atoms with Gasteiger partial charge in [0.1, 0.15) is 11.6 Å². The van der Waals surface area contributed by atoms with Gasteiger partial charge in [0.25, 0.3) is 0 Å². The Kier molecular flexibility index (Phi) is 4.21. The van der Waals surface area contributed by atoms with Gasteiger partial charge in [-0.1, -0.05) is 18.2 Å². The molecule has 2 N–H and O–H groups in total. The molecule has 132 valence electrons. The van der Waals surface area contributed by atoms with Gasteiger partial charge in [-0.3, -0.25) is 4.79 Å². The molecule has 0 unspecified atom stereocenters. The lowest BCUT2D eigenvalue weighted by Gasteiger charge is -2.31. The van der Waals surface area contributed by atoms with Crippen molar-refractivity contribution in [1.82, 2.24) is 4.98 Å². The molecule has 1 aromatic heterocycles. The molecule has 0 radical (unpaired) electrons. The number of aromatic nitrogens is 1. The van der Waals surface area contributed by atoms with E-state index in [9.17, 15) is 9.90 Å². The summed E-state index contributed by atoms with van der Waals surface area (Å²) in [4.78, 5) is 18.0. The van der Waals surface area contributed by atoms with E-state index >= 15 is 0 Å². The summed E-state index contributed by atoms with van der Waals surface area (Å²) in [7, 11) is 0. The largest absolute Gasteiger partial charge is 0.508 e. The number of nitrogens with zero attached hydrogens (tertiary/aromatic N) is 2. The zero-order valence-electron chi connectivity index (χ0n) is 14.3. The van der Waals surface area contributed by atoms with Gasteiger partial charge in [0.05, 0.1) is 11.4 Å². The Labute approximate surface area is 151 Å². The quantitative estimate of drug-likeness (QED) is 0.751. The van der Waals surface area contributed by atoms with E-state index < -0.39 is 5.97 Å². The van der Waals surface area contributed by atoms with Gasteiger partial charge >= 0.3 is 5.97 Å². The zero-order chi connectivity index (χ0) is 18.1. The third-order valence-electron chi connectivity index (χ3n) is 5.02. The zero-order valence-corrected chi connectivity index (χ0v) is 14.3. The highest BCUT2D eigenvalue weighted by Crippen LogP contribution is 2.28. The van der Waals surface area contributed by atoms with E-state index in [0.29, 0.717) is 12.8 Å². The molecule has 26 heavy (non-hydrogen) atoms. The maximum atomic E-state index is 11.1. The molecule has 2 heterocycles. The minimum atomic E-state index is -0.699. The van der Waals surface area contributed by atoms with E-state index in [0.717, 1.165) is 40.9 Å². The van der Waals surface area contributed by atoms with Crippen molar-refractivity contribution < 1.29 is 15.0 Å². The van der Waals surface area contributed by atoms with E-state index in [1.54, 1.807) is 12.1 Å². The topological polar surface area (TPSA) is 73.7 Å². The summed E-state index contributed by atoms with van der Waals surface area (Å²) in [6, 6.07) is 17.3. The normalized spacial score (nSPS) is 15.3. The van der Waals surface area contributed by atoms with Crippen LogP contribution in [0.25, 0.3) is 22.0 Å².